The summed E-state index contributed by atoms with van der Waals surface area (Å²) >= 11 is 9.04. The molecule has 0 aliphatic rings. The van der Waals surface area contributed by atoms with Crippen molar-refractivity contribution in [3.05, 3.63) is 57.5 Å². The third-order valence-corrected chi connectivity index (χ3v) is 2.88. The molecular formula is C12H7BrClFN2O. The lowest BCUT2D eigenvalue weighted by Crippen LogP contribution is -2.14. The maximum Gasteiger partial charge on any atom is 0.275 e. The van der Waals surface area contributed by atoms with Crippen LogP contribution >= 0.6 is 27.5 Å². The topological polar surface area (TPSA) is 42.0 Å². The van der Waals surface area contributed by atoms with Gasteiger partial charge in [0.15, 0.2) is 0 Å². The van der Waals surface area contributed by atoms with Crippen LogP contribution in [0.2, 0.25) is 5.02 Å². The molecule has 92 valence electrons. The number of carbonyl (C=O) groups excluding carboxylic acids is 1. The predicted molar refractivity (Wildman–Crippen MR) is 71.3 cm³/mol. The molecule has 18 heavy (non-hydrogen) atoms. The zero-order valence-corrected chi connectivity index (χ0v) is 11.3. The molecule has 0 bridgehead atoms. The number of hydrogen-bond donors (Lipinski definition) is 1. The molecule has 0 fully saturated rings. The summed E-state index contributed by atoms with van der Waals surface area (Å²) in [4.78, 5) is 15.9. The van der Waals surface area contributed by atoms with Crippen molar-refractivity contribution >= 4 is 39.1 Å². The number of carbonyl (C=O) groups is 1. The van der Waals surface area contributed by atoms with Crippen LogP contribution in [0.5, 0.6) is 0 Å². The number of nitrogens with one attached hydrogen (secondary N) is 1. The van der Waals surface area contributed by atoms with Crippen molar-refractivity contribution in [3.63, 3.8) is 0 Å². The molecule has 0 saturated heterocycles. The molecule has 0 saturated carbocycles. The molecule has 1 heterocycles. The number of benzene rings is 1. The Bertz CT molecular complexity index is 589. The number of rotatable bonds is 2. The summed E-state index contributed by atoms with van der Waals surface area (Å²) in [6.45, 7) is 0. The van der Waals surface area contributed by atoms with Crippen molar-refractivity contribution < 1.29 is 9.18 Å². The maximum absolute atomic E-state index is 12.7. The Hall–Kier alpha value is -1.46. The van der Waals surface area contributed by atoms with Crippen LogP contribution in [0.4, 0.5) is 10.1 Å². The zero-order valence-electron chi connectivity index (χ0n) is 8.95. The summed E-state index contributed by atoms with van der Waals surface area (Å²) in [6.07, 6.45) is 0. The molecule has 0 spiro atoms. The Morgan fingerprint density at radius 2 is 1.89 bits per heavy atom. The van der Waals surface area contributed by atoms with Crippen LogP contribution in [0.1, 0.15) is 10.5 Å². The Kier molecular flexibility index (Phi) is 3.93. The SMILES string of the molecule is O=C(Nc1ccc(F)cc1)c1nc(Br)ccc1Cl. The minimum Gasteiger partial charge on any atom is -0.321 e. The fraction of sp³-hybridized carbons (Fsp3) is 0. The van der Waals surface area contributed by atoms with Gasteiger partial charge in [-0.1, -0.05) is 11.6 Å². The summed E-state index contributed by atoms with van der Waals surface area (Å²) < 4.78 is 13.2. The van der Waals surface area contributed by atoms with E-state index in [0.29, 0.717) is 10.3 Å². The van der Waals surface area contributed by atoms with Crippen LogP contribution < -0.4 is 5.32 Å². The summed E-state index contributed by atoms with van der Waals surface area (Å²) in [6, 6.07) is 8.63. The fourth-order valence-corrected chi connectivity index (χ4v) is 1.80. The average Bonchev–Trinajstić information content (AvgIpc) is 2.35. The standard InChI is InChI=1S/C12H7BrClFN2O/c13-10-6-5-9(14)11(17-10)12(18)16-8-3-1-7(15)2-4-8/h1-6H,(H,16,18). The second-order valence-electron chi connectivity index (χ2n) is 3.43. The highest BCUT2D eigenvalue weighted by molar-refractivity contribution is 9.10. The van der Waals surface area contributed by atoms with Gasteiger partial charge in [0.25, 0.3) is 5.91 Å². The van der Waals surface area contributed by atoms with Crippen molar-refractivity contribution in [1.82, 2.24) is 4.98 Å². The quantitative estimate of drug-likeness (QED) is 0.849. The number of aromatic nitrogens is 1. The lowest BCUT2D eigenvalue weighted by molar-refractivity contribution is 0.102. The van der Waals surface area contributed by atoms with E-state index >= 15 is 0 Å². The molecule has 2 aromatic rings. The van der Waals surface area contributed by atoms with Gasteiger partial charge in [-0.05, 0) is 52.3 Å². The van der Waals surface area contributed by atoms with Crippen molar-refractivity contribution in [1.29, 1.82) is 0 Å². The van der Waals surface area contributed by atoms with Crippen LogP contribution in [0.3, 0.4) is 0 Å². The van der Waals surface area contributed by atoms with Crippen LogP contribution in [0, 0.1) is 5.82 Å². The third kappa shape index (κ3) is 3.05. The first-order valence-electron chi connectivity index (χ1n) is 4.95. The van der Waals surface area contributed by atoms with Gasteiger partial charge < -0.3 is 5.32 Å². The number of anilines is 1. The molecule has 6 heteroatoms. The minimum atomic E-state index is -0.451. The van der Waals surface area contributed by atoms with E-state index in [4.69, 9.17) is 11.6 Å². The molecule has 1 aromatic heterocycles. The molecule has 1 N–H and O–H groups in total. The largest absolute Gasteiger partial charge is 0.321 e. The first-order valence-corrected chi connectivity index (χ1v) is 6.12. The molecule has 0 aliphatic carbocycles. The number of hydrogen-bond acceptors (Lipinski definition) is 2. The van der Waals surface area contributed by atoms with Crippen molar-refractivity contribution in [2.24, 2.45) is 0 Å². The number of halogens is 3. The predicted octanol–water partition coefficient (Wildman–Crippen LogP) is 3.89. The molecule has 0 aliphatic heterocycles. The summed E-state index contributed by atoms with van der Waals surface area (Å²) in [5.74, 6) is -0.820. The number of pyridine rings is 1. The highest BCUT2D eigenvalue weighted by atomic mass is 79.9. The Morgan fingerprint density at radius 1 is 1.22 bits per heavy atom. The molecule has 0 atom stereocenters. The number of amides is 1. The summed E-state index contributed by atoms with van der Waals surface area (Å²) in [5.41, 5.74) is 0.578. The molecule has 0 unspecified atom stereocenters. The first-order chi connectivity index (χ1) is 8.56. The van der Waals surface area contributed by atoms with Gasteiger partial charge in [0.1, 0.15) is 16.1 Å². The van der Waals surface area contributed by atoms with E-state index in [1.807, 2.05) is 0 Å². The van der Waals surface area contributed by atoms with Crippen LogP contribution in [0.15, 0.2) is 41.0 Å². The second kappa shape index (κ2) is 5.46. The van der Waals surface area contributed by atoms with E-state index in [1.54, 1.807) is 12.1 Å². The van der Waals surface area contributed by atoms with Gasteiger partial charge in [-0.15, -0.1) is 0 Å². The van der Waals surface area contributed by atoms with Crippen LogP contribution in [-0.2, 0) is 0 Å². The van der Waals surface area contributed by atoms with E-state index in [-0.39, 0.29) is 16.5 Å². The van der Waals surface area contributed by atoms with Crippen molar-refractivity contribution in [3.8, 4) is 0 Å². The molecular weight excluding hydrogens is 322 g/mol. The molecule has 1 amide bonds. The van der Waals surface area contributed by atoms with Gasteiger partial charge in [0.05, 0.1) is 5.02 Å². The first kappa shape index (κ1) is 13.0. The van der Waals surface area contributed by atoms with Gasteiger partial charge in [0.2, 0.25) is 0 Å². The third-order valence-electron chi connectivity index (χ3n) is 2.13. The molecule has 1 aromatic carbocycles. The van der Waals surface area contributed by atoms with Gasteiger partial charge in [-0.3, -0.25) is 4.79 Å². The Morgan fingerprint density at radius 3 is 2.56 bits per heavy atom. The van der Waals surface area contributed by atoms with Gasteiger partial charge in [-0.25, -0.2) is 9.37 Å². The van der Waals surface area contributed by atoms with Crippen LogP contribution in [-0.4, -0.2) is 10.9 Å². The van der Waals surface area contributed by atoms with Gasteiger partial charge in [0, 0.05) is 5.69 Å². The van der Waals surface area contributed by atoms with Gasteiger partial charge >= 0.3 is 0 Å². The highest BCUT2D eigenvalue weighted by Gasteiger charge is 2.12. The average molecular weight is 330 g/mol. The summed E-state index contributed by atoms with van der Waals surface area (Å²) in [5, 5.41) is 2.83. The van der Waals surface area contributed by atoms with E-state index in [9.17, 15) is 9.18 Å². The Balaban J connectivity index is 2.21. The summed E-state index contributed by atoms with van der Waals surface area (Å²) in [7, 11) is 0. The van der Waals surface area contributed by atoms with Gasteiger partial charge in [-0.2, -0.15) is 0 Å². The second-order valence-corrected chi connectivity index (χ2v) is 4.65. The highest BCUT2D eigenvalue weighted by Crippen LogP contribution is 2.18. The minimum absolute atomic E-state index is 0.107. The Labute approximate surface area is 116 Å². The van der Waals surface area contributed by atoms with E-state index < -0.39 is 5.91 Å². The molecule has 0 radical (unpaired) electrons. The van der Waals surface area contributed by atoms with Crippen LogP contribution in [0.25, 0.3) is 0 Å². The zero-order chi connectivity index (χ0) is 13.1. The lowest BCUT2D eigenvalue weighted by atomic mass is 10.3. The van der Waals surface area contributed by atoms with Crippen molar-refractivity contribution in [2.45, 2.75) is 0 Å². The van der Waals surface area contributed by atoms with E-state index in [0.717, 1.165) is 0 Å². The van der Waals surface area contributed by atoms with E-state index in [2.05, 4.69) is 26.2 Å². The van der Waals surface area contributed by atoms with Crippen molar-refractivity contribution in [2.75, 3.05) is 5.32 Å². The van der Waals surface area contributed by atoms with E-state index in [1.165, 1.54) is 24.3 Å². The maximum atomic E-state index is 12.7. The smallest absolute Gasteiger partial charge is 0.275 e. The molecule has 3 nitrogen and oxygen atoms in total. The molecule has 2 rings (SSSR count). The number of nitrogens with zero attached hydrogens (tertiary/aromatic N) is 1. The fourth-order valence-electron chi connectivity index (χ4n) is 1.30. The normalized spacial score (nSPS) is 10.2. The monoisotopic (exact) mass is 328 g/mol. The lowest BCUT2D eigenvalue weighted by Gasteiger charge is -2.06.